The molecule has 0 bridgehead atoms. The number of nitrogens with zero attached hydrogens (tertiary/aromatic N) is 2. The summed E-state index contributed by atoms with van der Waals surface area (Å²) in [7, 11) is 0. The van der Waals surface area contributed by atoms with Crippen LogP contribution in [0, 0.1) is 5.82 Å². The number of pyridine rings is 1. The summed E-state index contributed by atoms with van der Waals surface area (Å²) >= 11 is 5.95. The predicted molar refractivity (Wildman–Crippen MR) is 141 cm³/mol. The molecule has 11 heteroatoms. The van der Waals surface area contributed by atoms with Gasteiger partial charge in [0.15, 0.2) is 0 Å². The molecule has 1 aromatic carbocycles. The first-order chi connectivity index (χ1) is 18.0. The molecule has 1 aliphatic rings. The highest BCUT2D eigenvalue weighted by Gasteiger charge is 2.31. The minimum atomic E-state index is -0.878. The van der Waals surface area contributed by atoms with E-state index in [9.17, 15) is 18.8 Å². The van der Waals surface area contributed by atoms with Crippen LogP contribution in [0.15, 0.2) is 42.6 Å². The number of likely N-dealkylation sites (tertiary alicyclic amines) is 1. The van der Waals surface area contributed by atoms with Crippen molar-refractivity contribution in [1.82, 2.24) is 25.5 Å². The summed E-state index contributed by atoms with van der Waals surface area (Å²) in [6, 6.07) is 8.11. The van der Waals surface area contributed by atoms with Crippen molar-refractivity contribution in [3.8, 4) is 0 Å². The van der Waals surface area contributed by atoms with Crippen LogP contribution in [0.5, 0.6) is 0 Å². The van der Waals surface area contributed by atoms with E-state index >= 15 is 0 Å². The second-order valence-corrected chi connectivity index (χ2v) is 10.8. The lowest BCUT2D eigenvalue weighted by Crippen LogP contribution is -2.54. The zero-order valence-electron chi connectivity index (χ0n) is 21.5. The average Bonchev–Trinajstić information content (AvgIpc) is 3.27. The number of amides is 3. The van der Waals surface area contributed by atoms with Crippen molar-refractivity contribution >= 4 is 40.4 Å². The first-order valence-corrected chi connectivity index (χ1v) is 12.8. The van der Waals surface area contributed by atoms with Gasteiger partial charge in [-0.1, -0.05) is 23.7 Å². The van der Waals surface area contributed by atoms with Gasteiger partial charge in [-0.15, -0.1) is 0 Å². The summed E-state index contributed by atoms with van der Waals surface area (Å²) in [5, 5.41) is 6.72. The van der Waals surface area contributed by atoms with Crippen LogP contribution in [0.3, 0.4) is 0 Å². The molecule has 38 heavy (non-hydrogen) atoms. The predicted octanol–water partition coefficient (Wildman–Crippen LogP) is 4.21. The smallest absolute Gasteiger partial charge is 0.407 e. The summed E-state index contributed by atoms with van der Waals surface area (Å²) in [4.78, 5) is 47.5. The molecule has 202 valence electrons. The third-order valence-electron chi connectivity index (χ3n) is 6.20. The Balaban J connectivity index is 1.44. The second-order valence-electron chi connectivity index (χ2n) is 10.4. The number of ether oxygens (including phenoxy) is 1. The Morgan fingerprint density at radius 1 is 1.18 bits per heavy atom. The molecule has 1 saturated heterocycles. The third kappa shape index (κ3) is 7.22. The van der Waals surface area contributed by atoms with Crippen molar-refractivity contribution in [3.63, 3.8) is 0 Å². The van der Waals surface area contributed by atoms with Crippen molar-refractivity contribution in [2.45, 2.75) is 57.7 Å². The molecule has 9 nitrogen and oxygen atoms in total. The van der Waals surface area contributed by atoms with E-state index in [1.165, 1.54) is 18.3 Å². The van der Waals surface area contributed by atoms with Crippen LogP contribution in [0.4, 0.5) is 9.18 Å². The molecule has 2 aromatic heterocycles. The van der Waals surface area contributed by atoms with Gasteiger partial charge in [-0.2, -0.15) is 0 Å². The van der Waals surface area contributed by atoms with Crippen molar-refractivity contribution < 1.29 is 23.5 Å². The summed E-state index contributed by atoms with van der Waals surface area (Å²) in [5.41, 5.74) is 1.02. The highest BCUT2D eigenvalue weighted by molar-refractivity contribution is 6.30. The number of aromatic nitrogens is 2. The number of halogens is 2. The van der Waals surface area contributed by atoms with Gasteiger partial charge in [0.1, 0.15) is 28.3 Å². The topological polar surface area (TPSA) is 116 Å². The van der Waals surface area contributed by atoms with Crippen LogP contribution in [-0.2, 0) is 16.0 Å². The standard InChI is InChI=1S/C27H31ClFN5O4/c1-27(2,3)38-26(37)31-19-8-10-34(11-9-19)25(36)21(12-16-4-6-18(29)7-5-16)33-24(35)20-13-17-14-23(28)30-15-22(17)32-20/h4-7,13-15,19,21,32H,8-12H2,1-3H3,(H,31,37)(H,33,35)/t21-/m0/s1. The maximum atomic E-state index is 13.6. The van der Waals surface area contributed by atoms with Gasteiger partial charge in [-0.05, 0) is 63.4 Å². The molecule has 3 amide bonds. The summed E-state index contributed by atoms with van der Waals surface area (Å²) in [6.45, 7) is 6.21. The van der Waals surface area contributed by atoms with Gasteiger partial charge in [-0.25, -0.2) is 14.2 Å². The lowest BCUT2D eigenvalue weighted by molar-refractivity contribution is -0.134. The van der Waals surface area contributed by atoms with Crippen molar-refractivity contribution in [2.75, 3.05) is 13.1 Å². The molecular formula is C27H31ClFN5O4. The number of fused-ring (bicyclic) bond motifs is 1. The Morgan fingerprint density at radius 3 is 2.53 bits per heavy atom. The highest BCUT2D eigenvalue weighted by Crippen LogP contribution is 2.19. The van der Waals surface area contributed by atoms with Gasteiger partial charge in [0.05, 0.1) is 11.7 Å². The summed E-state index contributed by atoms with van der Waals surface area (Å²) in [5.74, 6) is -1.09. The Bertz CT molecular complexity index is 1310. The van der Waals surface area contributed by atoms with Gasteiger partial charge in [0, 0.05) is 30.9 Å². The number of piperidine rings is 1. The summed E-state index contributed by atoms with van der Waals surface area (Å²) < 4.78 is 18.8. The lowest BCUT2D eigenvalue weighted by Gasteiger charge is -2.35. The van der Waals surface area contributed by atoms with E-state index < -0.39 is 23.6 Å². The van der Waals surface area contributed by atoms with E-state index in [-0.39, 0.29) is 29.9 Å². The van der Waals surface area contributed by atoms with E-state index in [1.807, 2.05) is 0 Å². The molecule has 4 rings (SSSR count). The van der Waals surface area contributed by atoms with Gasteiger partial charge >= 0.3 is 6.09 Å². The lowest BCUT2D eigenvalue weighted by atomic mass is 10.0. The Hall–Kier alpha value is -3.66. The number of carbonyl (C=O) groups excluding carboxylic acids is 3. The van der Waals surface area contributed by atoms with Crippen molar-refractivity contribution in [3.05, 3.63) is 64.8 Å². The van der Waals surface area contributed by atoms with E-state index in [4.69, 9.17) is 16.3 Å². The average molecular weight is 544 g/mol. The van der Waals surface area contributed by atoms with Gasteiger partial charge in [0.2, 0.25) is 5.91 Å². The number of carbonyl (C=O) groups is 3. The Kier molecular flexibility index (Phi) is 8.20. The molecule has 3 aromatic rings. The number of aromatic amines is 1. The Labute approximate surface area is 225 Å². The number of benzene rings is 1. The first-order valence-electron chi connectivity index (χ1n) is 12.4. The van der Waals surface area contributed by atoms with Crippen molar-refractivity contribution in [2.24, 2.45) is 0 Å². The number of nitrogens with one attached hydrogen (secondary N) is 3. The largest absolute Gasteiger partial charge is 0.444 e. The van der Waals surface area contributed by atoms with Gasteiger partial charge in [0.25, 0.3) is 5.91 Å². The number of H-pyrrole nitrogens is 1. The van der Waals surface area contributed by atoms with Crippen LogP contribution in [0.25, 0.3) is 10.9 Å². The van der Waals surface area contributed by atoms with E-state index in [2.05, 4.69) is 20.6 Å². The molecular weight excluding hydrogens is 513 g/mol. The zero-order chi connectivity index (χ0) is 27.4. The quantitative estimate of drug-likeness (QED) is 0.403. The number of hydrogen-bond acceptors (Lipinski definition) is 5. The fourth-order valence-corrected chi connectivity index (χ4v) is 4.52. The zero-order valence-corrected chi connectivity index (χ0v) is 22.3. The molecule has 0 saturated carbocycles. The minimum absolute atomic E-state index is 0.120. The minimum Gasteiger partial charge on any atom is -0.444 e. The molecule has 1 aliphatic heterocycles. The van der Waals surface area contributed by atoms with Crippen LogP contribution >= 0.6 is 11.6 Å². The molecule has 1 atom stereocenters. The molecule has 0 radical (unpaired) electrons. The third-order valence-corrected chi connectivity index (χ3v) is 6.41. The SMILES string of the molecule is CC(C)(C)OC(=O)NC1CCN(C(=O)[C@H](Cc2ccc(F)cc2)NC(=O)c2cc3cc(Cl)ncc3[nH]2)CC1. The number of rotatable bonds is 6. The number of hydrogen-bond donors (Lipinski definition) is 3. The van der Waals surface area contributed by atoms with E-state index in [0.717, 1.165) is 5.39 Å². The van der Waals surface area contributed by atoms with E-state index in [0.29, 0.717) is 42.2 Å². The fourth-order valence-electron chi connectivity index (χ4n) is 4.36. The Morgan fingerprint density at radius 2 is 1.87 bits per heavy atom. The summed E-state index contributed by atoms with van der Waals surface area (Å²) in [6.07, 6.45) is 2.34. The molecule has 3 heterocycles. The van der Waals surface area contributed by atoms with Gasteiger partial charge in [-0.3, -0.25) is 9.59 Å². The van der Waals surface area contributed by atoms with Gasteiger partial charge < -0.3 is 25.3 Å². The van der Waals surface area contributed by atoms with Crippen LogP contribution in [-0.4, -0.2) is 63.5 Å². The molecule has 0 aliphatic carbocycles. The molecule has 0 spiro atoms. The normalized spacial score (nSPS) is 15.2. The highest BCUT2D eigenvalue weighted by atomic mass is 35.5. The fraction of sp³-hybridized carbons (Fsp3) is 0.407. The maximum absolute atomic E-state index is 13.6. The first kappa shape index (κ1) is 27.4. The van der Waals surface area contributed by atoms with Crippen molar-refractivity contribution in [1.29, 1.82) is 0 Å². The van der Waals surface area contributed by atoms with Crippen LogP contribution in [0.2, 0.25) is 5.15 Å². The number of alkyl carbamates (subject to hydrolysis) is 1. The van der Waals surface area contributed by atoms with E-state index in [1.54, 1.807) is 49.9 Å². The monoisotopic (exact) mass is 543 g/mol. The molecule has 1 fully saturated rings. The van der Waals surface area contributed by atoms with Crippen LogP contribution < -0.4 is 10.6 Å². The molecule has 0 unspecified atom stereocenters. The molecule has 3 N–H and O–H groups in total. The second kappa shape index (κ2) is 11.4. The van der Waals surface area contributed by atoms with Crippen LogP contribution in [0.1, 0.15) is 49.7 Å². The maximum Gasteiger partial charge on any atom is 0.407 e.